The Balaban J connectivity index is 2.40. The molecule has 0 fully saturated rings. The highest BCUT2D eigenvalue weighted by Crippen LogP contribution is 2.33. The number of hydrogen-bond acceptors (Lipinski definition) is 2. The Morgan fingerprint density at radius 1 is 1.25 bits per heavy atom. The van der Waals surface area contributed by atoms with Gasteiger partial charge in [0.1, 0.15) is 5.76 Å². The second-order valence-electron chi connectivity index (χ2n) is 4.58. The Morgan fingerprint density at radius 2 is 2.00 bits per heavy atom. The van der Waals surface area contributed by atoms with Crippen LogP contribution in [0.1, 0.15) is 35.4 Å². The Bertz CT molecular complexity index is 561. The van der Waals surface area contributed by atoms with Crippen molar-refractivity contribution < 1.29 is 17.6 Å². The zero-order chi connectivity index (χ0) is 14.8. The first-order chi connectivity index (χ1) is 9.43. The van der Waals surface area contributed by atoms with Crippen molar-refractivity contribution in [2.45, 2.75) is 26.1 Å². The molecule has 1 unspecified atom stereocenters. The van der Waals surface area contributed by atoms with Gasteiger partial charge in [-0.05, 0) is 48.9 Å². The van der Waals surface area contributed by atoms with E-state index in [9.17, 15) is 13.2 Å². The molecule has 2 rings (SSSR count). The molecule has 0 aliphatic carbocycles. The van der Waals surface area contributed by atoms with Gasteiger partial charge in [0.2, 0.25) is 0 Å². The van der Waals surface area contributed by atoms with Gasteiger partial charge < -0.3 is 9.73 Å². The predicted octanol–water partition coefficient (Wildman–Crippen LogP) is 4.31. The van der Waals surface area contributed by atoms with Crippen molar-refractivity contribution in [1.29, 1.82) is 0 Å². The lowest BCUT2D eigenvalue weighted by atomic mass is 9.97. The Hall–Kier alpha value is -1.75. The highest BCUT2D eigenvalue weighted by Gasteiger charge is 2.31. The van der Waals surface area contributed by atoms with Crippen molar-refractivity contribution in [3.8, 4) is 0 Å². The summed E-state index contributed by atoms with van der Waals surface area (Å²) in [4.78, 5) is 0. The molecule has 2 aromatic rings. The van der Waals surface area contributed by atoms with E-state index in [0.717, 1.165) is 11.6 Å². The van der Waals surface area contributed by atoms with E-state index >= 15 is 0 Å². The monoisotopic (exact) mass is 283 g/mol. The molecule has 0 amide bonds. The van der Waals surface area contributed by atoms with Gasteiger partial charge in [-0.1, -0.05) is 13.0 Å². The topological polar surface area (TPSA) is 25.2 Å². The van der Waals surface area contributed by atoms with E-state index in [1.54, 1.807) is 19.3 Å². The first-order valence-electron chi connectivity index (χ1n) is 6.38. The molecular weight excluding hydrogens is 267 g/mol. The number of halogens is 3. The third-order valence-electron chi connectivity index (χ3n) is 3.14. The minimum atomic E-state index is -4.32. The van der Waals surface area contributed by atoms with Crippen molar-refractivity contribution in [3.05, 3.63) is 59.0 Å². The summed E-state index contributed by atoms with van der Waals surface area (Å²) in [6, 6.07) is 7.12. The first kappa shape index (κ1) is 14.7. The zero-order valence-electron chi connectivity index (χ0n) is 11.3. The van der Waals surface area contributed by atoms with E-state index in [4.69, 9.17) is 4.42 Å². The first-order valence-corrected chi connectivity index (χ1v) is 6.38. The Labute approximate surface area is 115 Å². The minimum absolute atomic E-state index is 0.239. The average Bonchev–Trinajstić information content (AvgIpc) is 2.89. The summed E-state index contributed by atoms with van der Waals surface area (Å²) in [5, 5.41) is 3.23. The van der Waals surface area contributed by atoms with E-state index in [-0.39, 0.29) is 6.04 Å². The lowest BCUT2D eigenvalue weighted by molar-refractivity contribution is -0.137. The van der Waals surface area contributed by atoms with Crippen LogP contribution < -0.4 is 5.32 Å². The summed E-state index contributed by atoms with van der Waals surface area (Å²) in [7, 11) is 0. The quantitative estimate of drug-likeness (QED) is 0.904. The van der Waals surface area contributed by atoms with Crippen LogP contribution in [0.4, 0.5) is 13.2 Å². The molecule has 1 aromatic carbocycles. The van der Waals surface area contributed by atoms with Crippen LogP contribution in [-0.2, 0) is 6.18 Å². The van der Waals surface area contributed by atoms with E-state index < -0.39 is 11.7 Å². The van der Waals surface area contributed by atoms with E-state index in [2.05, 4.69) is 5.32 Å². The maximum Gasteiger partial charge on any atom is 0.416 e. The standard InChI is InChI=1S/C15H16F3NO/c1-3-19-14(13-5-4-8-20-13)12-7-6-11(9-10(12)2)15(16,17)18/h4-9,14,19H,3H2,1-2H3. The molecule has 0 saturated heterocycles. The molecule has 2 nitrogen and oxygen atoms in total. The fourth-order valence-corrected chi connectivity index (χ4v) is 2.20. The molecule has 1 N–H and O–H groups in total. The Kier molecular flexibility index (Phi) is 4.18. The molecule has 1 aromatic heterocycles. The third kappa shape index (κ3) is 3.04. The van der Waals surface area contributed by atoms with Crippen LogP contribution in [-0.4, -0.2) is 6.54 Å². The van der Waals surface area contributed by atoms with Crippen LogP contribution >= 0.6 is 0 Å². The largest absolute Gasteiger partial charge is 0.467 e. The lowest BCUT2D eigenvalue weighted by Gasteiger charge is -2.19. The highest BCUT2D eigenvalue weighted by molar-refractivity contribution is 5.37. The van der Waals surface area contributed by atoms with Crippen LogP contribution in [0.25, 0.3) is 0 Å². The van der Waals surface area contributed by atoms with Gasteiger partial charge in [-0.2, -0.15) is 13.2 Å². The van der Waals surface area contributed by atoms with Crippen LogP contribution in [0.3, 0.4) is 0 Å². The number of alkyl halides is 3. The van der Waals surface area contributed by atoms with E-state index in [1.807, 2.05) is 13.0 Å². The third-order valence-corrected chi connectivity index (χ3v) is 3.14. The molecule has 0 saturated carbocycles. The molecule has 0 bridgehead atoms. The van der Waals surface area contributed by atoms with Crippen molar-refractivity contribution in [2.24, 2.45) is 0 Å². The summed E-state index contributed by atoms with van der Waals surface area (Å²) < 4.78 is 43.4. The number of rotatable bonds is 4. The van der Waals surface area contributed by atoms with E-state index in [1.165, 1.54) is 12.1 Å². The van der Waals surface area contributed by atoms with Gasteiger partial charge in [0.15, 0.2) is 0 Å². The molecule has 5 heteroatoms. The highest BCUT2D eigenvalue weighted by atomic mass is 19.4. The fraction of sp³-hybridized carbons (Fsp3) is 0.333. The lowest BCUT2D eigenvalue weighted by Crippen LogP contribution is -2.22. The van der Waals surface area contributed by atoms with Gasteiger partial charge in [-0.3, -0.25) is 0 Å². The van der Waals surface area contributed by atoms with Gasteiger partial charge in [0.05, 0.1) is 17.9 Å². The maximum absolute atomic E-state index is 12.7. The molecule has 0 spiro atoms. The van der Waals surface area contributed by atoms with Crippen molar-refractivity contribution in [3.63, 3.8) is 0 Å². The summed E-state index contributed by atoms with van der Waals surface area (Å²) >= 11 is 0. The molecule has 0 aliphatic heterocycles. The molecular formula is C15H16F3NO. The SMILES string of the molecule is CCNC(c1ccco1)c1ccc(C(F)(F)F)cc1C. The number of aryl methyl sites for hydroxylation is 1. The molecule has 0 aliphatic rings. The normalized spacial score (nSPS) is 13.4. The second-order valence-corrected chi connectivity index (χ2v) is 4.58. The number of benzene rings is 1. The number of hydrogen-bond donors (Lipinski definition) is 1. The van der Waals surface area contributed by atoms with Crippen LogP contribution in [0, 0.1) is 6.92 Å². The summed E-state index contributed by atoms with van der Waals surface area (Å²) in [5.41, 5.74) is 0.741. The molecule has 1 atom stereocenters. The predicted molar refractivity (Wildman–Crippen MR) is 70.4 cm³/mol. The van der Waals surface area contributed by atoms with Crippen LogP contribution in [0.2, 0.25) is 0 Å². The zero-order valence-corrected chi connectivity index (χ0v) is 11.3. The molecule has 108 valence electrons. The van der Waals surface area contributed by atoms with E-state index in [0.29, 0.717) is 17.9 Å². The van der Waals surface area contributed by atoms with Crippen molar-refractivity contribution in [1.82, 2.24) is 5.32 Å². The molecule has 20 heavy (non-hydrogen) atoms. The summed E-state index contributed by atoms with van der Waals surface area (Å²) in [6.07, 6.45) is -2.76. The van der Waals surface area contributed by atoms with Gasteiger partial charge in [-0.15, -0.1) is 0 Å². The number of furan rings is 1. The van der Waals surface area contributed by atoms with Crippen LogP contribution in [0.15, 0.2) is 41.0 Å². The van der Waals surface area contributed by atoms with Crippen molar-refractivity contribution >= 4 is 0 Å². The average molecular weight is 283 g/mol. The van der Waals surface area contributed by atoms with Gasteiger partial charge in [0.25, 0.3) is 0 Å². The van der Waals surface area contributed by atoms with Crippen LogP contribution in [0.5, 0.6) is 0 Å². The Morgan fingerprint density at radius 3 is 2.50 bits per heavy atom. The van der Waals surface area contributed by atoms with Gasteiger partial charge in [-0.25, -0.2) is 0 Å². The second kappa shape index (κ2) is 5.71. The van der Waals surface area contributed by atoms with Gasteiger partial charge >= 0.3 is 6.18 Å². The summed E-state index contributed by atoms with van der Waals surface area (Å²) in [5.74, 6) is 0.690. The van der Waals surface area contributed by atoms with Gasteiger partial charge in [0, 0.05) is 0 Å². The molecule has 1 heterocycles. The summed E-state index contributed by atoms with van der Waals surface area (Å²) in [6.45, 7) is 4.30. The smallest absolute Gasteiger partial charge is 0.416 e. The maximum atomic E-state index is 12.7. The van der Waals surface area contributed by atoms with Crippen molar-refractivity contribution in [2.75, 3.05) is 6.54 Å². The molecule has 0 radical (unpaired) electrons. The fourth-order valence-electron chi connectivity index (χ4n) is 2.20. The number of nitrogens with one attached hydrogen (secondary N) is 1. The minimum Gasteiger partial charge on any atom is -0.467 e.